The molecule has 2 aromatic carbocycles. The molecule has 0 aromatic heterocycles. The Morgan fingerprint density at radius 1 is 1.14 bits per heavy atom. The molecule has 1 saturated heterocycles. The highest BCUT2D eigenvalue weighted by Gasteiger charge is 2.28. The van der Waals surface area contributed by atoms with Crippen molar-refractivity contribution in [1.29, 1.82) is 0 Å². The van der Waals surface area contributed by atoms with Crippen molar-refractivity contribution in [2.45, 2.75) is 25.8 Å². The number of fused-ring (bicyclic) bond motifs is 1. The number of rotatable bonds is 4. The van der Waals surface area contributed by atoms with Crippen molar-refractivity contribution >= 4 is 17.3 Å². The second-order valence-corrected chi connectivity index (χ2v) is 7.23. The minimum atomic E-state index is -0.469. The molecule has 0 bridgehead atoms. The van der Waals surface area contributed by atoms with Crippen LogP contribution in [0, 0.1) is 10.1 Å². The van der Waals surface area contributed by atoms with E-state index in [-0.39, 0.29) is 17.2 Å². The Morgan fingerprint density at radius 2 is 1.93 bits per heavy atom. The summed E-state index contributed by atoms with van der Waals surface area (Å²) in [4.78, 5) is 27.7. The summed E-state index contributed by atoms with van der Waals surface area (Å²) < 4.78 is 5.46. The first-order chi connectivity index (χ1) is 13.6. The topological polar surface area (TPSA) is 75.9 Å². The second-order valence-electron chi connectivity index (χ2n) is 7.23. The van der Waals surface area contributed by atoms with Gasteiger partial charge in [0, 0.05) is 43.5 Å². The fraction of sp³-hybridized carbons (Fsp3) is 0.381. The maximum Gasteiger partial charge on any atom is 0.282 e. The Morgan fingerprint density at radius 3 is 2.64 bits per heavy atom. The van der Waals surface area contributed by atoms with Crippen LogP contribution in [0.1, 0.15) is 34.3 Å². The Hall–Kier alpha value is -3.09. The first kappa shape index (κ1) is 18.3. The summed E-state index contributed by atoms with van der Waals surface area (Å²) in [7, 11) is 1.68. The van der Waals surface area contributed by atoms with Crippen molar-refractivity contribution in [3.63, 3.8) is 0 Å². The zero-order valence-corrected chi connectivity index (χ0v) is 15.9. The predicted molar refractivity (Wildman–Crippen MR) is 106 cm³/mol. The number of nitro groups is 1. The maximum atomic E-state index is 12.9. The molecule has 0 N–H and O–H groups in total. The number of amides is 1. The zero-order valence-electron chi connectivity index (χ0n) is 15.9. The van der Waals surface area contributed by atoms with Gasteiger partial charge < -0.3 is 14.5 Å². The Bertz CT molecular complexity index is 922. The summed E-state index contributed by atoms with van der Waals surface area (Å²) in [5.41, 5.74) is 3.27. The van der Waals surface area contributed by atoms with Crippen LogP contribution in [-0.2, 0) is 13.0 Å². The number of hydrogen-bond acceptors (Lipinski definition) is 5. The highest BCUT2D eigenvalue weighted by Crippen LogP contribution is 2.33. The molecule has 146 valence electrons. The fourth-order valence-corrected chi connectivity index (χ4v) is 4.13. The number of carbonyl (C=O) groups is 1. The number of hydrogen-bond donors (Lipinski definition) is 0. The van der Waals surface area contributed by atoms with Crippen molar-refractivity contribution in [1.82, 2.24) is 4.90 Å². The molecule has 2 aliphatic rings. The Kier molecular flexibility index (Phi) is 4.90. The largest absolute Gasteiger partial charge is 0.496 e. The molecule has 0 atom stereocenters. The lowest BCUT2D eigenvalue weighted by Crippen LogP contribution is -2.31. The molecule has 2 aromatic rings. The normalized spacial score (nSPS) is 16.0. The van der Waals surface area contributed by atoms with Gasteiger partial charge in [0.15, 0.2) is 0 Å². The molecule has 1 amide bonds. The van der Waals surface area contributed by atoms with Gasteiger partial charge in [0.05, 0.1) is 12.0 Å². The van der Waals surface area contributed by atoms with Crippen LogP contribution >= 0.6 is 0 Å². The quantitative estimate of drug-likeness (QED) is 0.599. The first-order valence-electron chi connectivity index (χ1n) is 9.56. The molecule has 4 rings (SSSR count). The van der Waals surface area contributed by atoms with Crippen LogP contribution in [0.4, 0.5) is 11.4 Å². The van der Waals surface area contributed by atoms with Crippen molar-refractivity contribution in [3.05, 3.63) is 63.2 Å². The predicted octanol–water partition coefficient (Wildman–Crippen LogP) is 3.40. The standard InChI is InChI=1S/C21H23N3O4/c1-28-20-6-4-5-15-14-23(12-9-17(15)20)16-7-8-19(24(26)27)18(13-16)21(25)22-10-2-3-11-22/h4-8,13H,2-3,9-12,14H2,1H3. The van der Waals surface area contributed by atoms with Crippen molar-refractivity contribution in [3.8, 4) is 5.75 Å². The van der Waals surface area contributed by atoms with Crippen molar-refractivity contribution in [2.24, 2.45) is 0 Å². The third-order valence-electron chi connectivity index (χ3n) is 5.61. The number of nitro benzene ring substituents is 1. The first-order valence-corrected chi connectivity index (χ1v) is 9.56. The van der Waals surface area contributed by atoms with E-state index in [0.717, 1.165) is 37.2 Å². The van der Waals surface area contributed by atoms with Crippen molar-refractivity contribution < 1.29 is 14.5 Å². The average Bonchev–Trinajstić information content (AvgIpc) is 3.26. The molecule has 0 spiro atoms. The van der Waals surface area contributed by atoms with E-state index in [1.54, 1.807) is 24.1 Å². The molecule has 28 heavy (non-hydrogen) atoms. The maximum absolute atomic E-state index is 12.9. The second kappa shape index (κ2) is 7.50. The van der Waals surface area contributed by atoms with Gasteiger partial charge in [0.1, 0.15) is 11.3 Å². The van der Waals surface area contributed by atoms with Crippen LogP contribution in [0.3, 0.4) is 0 Å². The zero-order chi connectivity index (χ0) is 19.7. The lowest BCUT2D eigenvalue weighted by molar-refractivity contribution is -0.385. The van der Waals surface area contributed by atoms with Gasteiger partial charge >= 0.3 is 0 Å². The molecular formula is C21H23N3O4. The number of anilines is 1. The summed E-state index contributed by atoms with van der Waals surface area (Å²) in [5, 5.41) is 11.5. The molecule has 0 aliphatic carbocycles. The highest BCUT2D eigenvalue weighted by molar-refractivity contribution is 5.99. The van der Waals surface area contributed by atoms with E-state index in [9.17, 15) is 14.9 Å². The number of benzene rings is 2. The molecule has 2 heterocycles. The molecule has 1 fully saturated rings. The fourth-order valence-electron chi connectivity index (χ4n) is 4.13. The minimum absolute atomic E-state index is 0.125. The van der Waals surface area contributed by atoms with E-state index in [1.807, 2.05) is 12.1 Å². The number of likely N-dealkylation sites (tertiary alicyclic amines) is 1. The molecular weight excluding hydrogens is 358 g/mol. The van der Waals surface area contributed by atoms with Crippen LogP contribution in [0.25, 0.3) is 0 Å². The number of nitrogens with zero attached hydrogens (tertiary/aromatic N) is 3. The highest BCUT2D eigenvalue weighted by atomic mass is 16.6. The third-order valence-corrected chi connectivity index (χ3v) is 5.61. The molecule has 7 nitrogen and oxygen atoms in total. The monoisotopic (exact) mass is 381 g/mol. The Balaban J connectivity index is 1.66. The van der Waals surface area contributed by atoms with Crippen molar-refractivity contribution in [2.75, 3.05) is 31.6 Å². The summed E-state index contributed by atoms with van der Waals surface area (Å²) in [5.74, 6) is 0.649. The van der Waals surface area contributed by atoms with Gasteiger partial charge in [-0.1, -0.05) is 12.1 Å². The smallest absolute Gasteiger partial charge is 0.282 e. The van der Waals surface area contributed by atoms with Gasteiger partial charge in [-0.2, -0.15) is 0 Å². The lowest BCUT2D eigenvalue weighted by Gasteiger charge is -2.31. The number of ether oxygens (including phenoxy) is 1. The van der Waals surface area contributed by atoms with Crippen LogP contribution in [0.2, 0.25) is 0 Å². The molecule has 7 heteroatoms. The van der Waals surface area contributed by atoms with Gasteiger partial charge in [0.25, 0.3) is 11.6 Å². The number of carbonyl (C=O) groups excluding carboxylic acids is 1. The molecule has 2 aliphatic heterocycles. The van der Waals surface area contributed by atoms with E-state index in [4.69, 9.17) is 4.74 Å². The molecule has 0 unspecified atom stereocenters. The summed E-state index contributed by atoms with van der Waals surface area (Å²) in [6, 6.07) is 10.9. The van der Waals surface area contributed by atoms with E-state index >= 15 is 0 Å². The summed E-state index contributed by atoms with van der Waals surface area (Å²) >= 11 is 0. The summed E-state index contributed by atoms with van der Waals surface area (Å²) in [6.45, 7) is 2.78. The average molecular weight is 381 g/mol. The van der Waals surface area contributed by atoms with Crippen LogP contribution in [0.15, 0.2) is 36.4 Å². The van der Waals surface area contributed by atoms with E-state index in [1.165, 1.54) is 17.2 Å². The van der Waals surface area contributed by atoms with Gasteiger partial charge in [0.2, 0.25) is 0 Å². The lowest BCUT2D eigenvalue weighted by atomic mass is 9.98. The van der Waals surface area contributed by atoms with Crippen LogP contribution in [-0.4, -0.2) is 42.5 Å². The number of methoxy groups -OCH3 is 1. The van der Waals surface area contributed by atoms with Gasteiger partial charge in [-0.05, 0) is 43.0 Å². The summed E-state index contributed by atoms with van der Waals surface area (Å²) in [6.07, 6.45) is 2.72. The van der Waals surface area contributed by atoms with Gasteiger partial charge in [-0.25, -0.2) is 0 Å². The van der Waals surface area contributed by atoms with Crippen LogP contribution in [0.5, 0.6) is 5.75 Å². The van der Waals surface area contributed by atoms with E-state index < -0.39 is 4.92 Å². The SMILES string of the molecule is COc1cccc2c1CCN(c1ccc([N+](=O)[O-])c(C(=O)N3CCCC3)c1)C2. The van der Waals surface area contributed by atoms with Gasteiger partial charge in [-0.15, -0.1) is 0 Å². The molecule has 0 saturated carbocycles. The molecule has 0 radical (unpaired) electrons. The van der Waals surface area contributed by atoms with E-state index in [0.29, 0.717) is 19.6 Å². The minimum Gasteiger partial charge on any atom is -0.496 e. The Labute approximate surface area is 163 Å². The van der Waals surface area contributed by atoms with Crippen LogP contribution < -0.4 is 9.64 Å². The third kappa shape index (κ3) is 3.28. The van der Waals surface area contributed by atoms with Gasteiger partial charge in [-0.3, -0.25) is 14.9 Å². The van der Waals surface area contributed by atoms with E-state index in [2.05, 4.69) is 11.0 Å².